The van der Waals surface area contributed by atoms with Gasteiger partial charge in [0.2, 0.25) is 0 Å². The van der Waals surface area contributed by atoms with Gasteiger partial charge in [0.25, 0.3) is 5.91 Å². The van der Waals surface area contributed by atoms with Crippen LogP contribution in [0.15, 0.2) is 24.3 Å². The lowest BCUT2D eigenvalue weighted by molar-refractivity contribution is 0.0569. The Hall–Kier alpha value is -1.81. The average molecular weight is 354 g/mol. The van der Waals surface area contributed by atoms with Crippen LogP contribution in [0, 0.1) is 0 Å². The first kappa shape index (κ1) is 17.6. The normalized spacial score (nSPS) is 20.2. The van der Waals surface area contributed by atoms with Gasteiger partial charge in [-0.05, 0) is 36.0 Å². The third-order valence-electron chi connectivity index (χ3n) is 6.16. The summed E-state index contributed by atoms with van der Waals surface area (Å²) in [6, 6.07) is 9.25. The Bertz CT molecular complexity index is 787. The van der Waals surface area contributed by atoms with E-state index in [0.29, 0.717) is 0 Å². The van der Waals surface area contributed by atoms with Gasteiger partial charge in [0.05, 0.1) is 0 Å². The molecule has 1 aromatic heterocycles. The smallest absolute Gasteiger partial charge is 0.270 e. The van der Waals surface area contributed by atoms with Crippen molar-refractivity contribution in [2.75, 3.05) is 26.2 Å². The van der Waals surface area contributed by atoms with Crippen molar-refractivity contribution in [1.29, 1.82) is 0 Å². The minimum atomic E-state index is 0.111. The topological polar surface area (TPSA) is 39.3 Å². The molecular weight excluding hydrogens is 322 g/mol. The summed E-state index contributed by atoms with van der Waals surface area (Å²) in [6.45, 7) is 10.4. The summed E-state index contributed by atoms with van der Waals surface area (Å²) < 4.78 is 0. The van der Waals surface area contributed by atoms with Crippen molar-refractivity contribution in [3.63, 3.8) is 0 Å². The van der Waals surface area contributed by atoms with Gasteiger partial charge in [-0.15, -0.1) is 0 Å². The van der Waals surface area contributed by atoms with Crippen LogP contribution in [0.2, 0.25) is 0 Å². The van der Waals surface area contributed by atoms with Crippen LogP contribution in [0.3, 0.4) is 0 Å². The van der Waals surface area contributed by atoms with E-state index >= 15 is 0 Å². The average Bonchev–Trinajstić information content (AvgIpc) is 3.29. The molecule has 2 aliphatic rings. The molecule has 1 aromatic carbocycles. The van der Waals surface area contributed by atoms with Crippen LogP contribution in [0.25, 0.3) is 10.9 Å². The van der Waals surface area contributed by atoms with Gasteiger partial charge in [0, 0.05) is 43.1 Å². The fourth-order valence-electron chi connectivity index (χ4n) is 4.44. The maximum Gasteiger partial charge on any atom is 0.270 e. The van der Waals surface area contributed by atoms with E-state index < -0.39 is 0 Å². The van der Waals surface area contributed by atoms with Crippen LogP contribution < -0.4 is 0 Å². The summed E-state index contributed by atoms with van der Waals surface area (Å²) in [5.41, 5.74) is 3.18. The second kappa shape index (κ2) is 6.73. The Morgan fingerprint density at radius 1 is 1.04 bits per heavy atom. The highest BCUT2D eigenvalue weighted by Gasteiger charge is 2.28. The fourth-order valence-corrected chi connectivity index (χ4v) is 4.44. The summed E-state index contributed by atoms with van der Waals surface area (Å²) in [5.74, 6) is 0.143. The SMILES string of the molecule is CC(C)(C)c1ccc2cc(C(=O)N3CCN(C4CCCC4)CC3)[nH]c2c1. The van der Waals surface area contributed by atoms with Crippen LogP contribution in [-0.4, -0.2) is 52.9 Å². The largest absolute Gasteiger partial charge is 0.351 e. The zero-order chi connectivity index (χ0) is 18.3. The summed E-state index contributed by atoms with van der Waals surface area (Å²) >= 11 is 0. The van der Waals surface area contributed by atoms with Crippen molar-refractivity contribution in [2.45, 2.75) is 57.9 Å². The number of hydrogen-bond acceptors (Lipinski definition) is 2. The Morgan fingerprint density at radius 3 is 2.38 bits per heavy atom. The highest BCUT2D eigenvalue weighted by atomic mass is 16.2. The zero-order valence-electron chi connectivity index (χ0n) is 16.3. The highest BCUT2D eigenvalue weighted by molar-refractivity contribution is 5.98. The van der Waals surface area contributed by atoms with E-state index in [1.54, 1.807) is 0 Å². The molecule has 2 heterocycles. The number of nitrogens with one attached hydrogen (secondary N) is 1. The third-order valence-corrected chi connectivity index (χ3v) is 6.16. The molecule has 0 spiro atoms. The number of aromatic amines is 1. The lowest BCUT2D eigenvalue weighted by atomic mass is 9.87. The number of carbonyl (C=O) groups is 1. The van der Waals surface area contributed by atoms with Crippen LogP contribution in [-0.2, 0) is 5.41 Å². The van der Waals surface area contributed by atoms with Crippen LogP contribution in [0.1, 0.15) is 62.5 Å². The molecule has 1 aliphatic heterocycles. The van der Waals surface area contributed by atoms with Gasteiger partial charge in [-0.25, -0.2) is 0 Å². The van der Waals surface area contributed by atoms with E-state index in [-0.39, 0.29) is 11.3 Å². The number of nitrogens with zero attached hydrogens (tertiary/aromatic N) is 2. The first-order chi connectivity index (χ1) is 12.4. The van der Waals surface area contributed by atoms with Crippen LogP contribution in [0.4, 0.5) is 0 Å². The predicted molar refractivity (Wildman–Crippen MR) is 107 cm³/mol. The number of piperazine rings is 1. The van der Waals surface area contributed by atoms with E-state index in [4.69, 9.17) is 0 Å². The number of amides is 1. The summed E-state index contributed by atoms with van der Waals surface area (Å²) in [7, 11) is 0. The molecular formula is C22H31N3O. The summed E-state index contributed by atoms with van der Waals surface area (Å²) in [5, 5.41) is 1.12. The first-order valence-corrected chi connectivity index (χ1v) is 10.1. The predicted octanol–water partition coefficient (Wildman–Crippen LogP) is 4.17. The van der Waals surface area contributed by atoms with E-state index in [1.807, 2.05) is 11.0 Å². The number of carbonyl (C=O) groups excluding carboxylic acids is 1. The Kier molecular flexibility index (Phi) is 4.55. The van der Waals surface area contributed by atoms with Crippen molar-refractivity contribution in [2.24, 2.45) is 0 Å². The van der Waals surface area contributed by atoms with Gasteiger partial charge in [0.15, 0.2) is 0 Å². The fraction of sp³-hybridized carbons (Fsp3) is 0.591. The van der Waals surface area contributed by atoms with Crippen molar-refractivity contribution in [1.82, 2.24) is 14.8 Å². The minimum Gasteiger partial charge on any atom is -0.351 e. The van der Waals surface area contributed by atoms with Crippen molar-refractivity contribution >= 4 is 16.8 Å². The lowest BCUT2D eigenvalue weighted by Gasteiger charge is -2.37. The molecule has 26 heavy (non-hydrogen) atoms. The third kappa shape index (κ3) is 3.39. The standard InChI is InChI=1S/C22H31N3O/c1-22(2,3)17-9-8-16-14-20(23-19(16)15-17)21(26)25-12-10-24(11-13-25)18-6-4-5-7-18/h8-9,14-15,18,23H,4-7,10-13H2,1-3H3. The van der Waals surface area contributed by atoms with Gasteiger partial charge in [-0.2, -0.15) is 0 Å². The molecule has 1 saturated heterocycles. The molecule has 1 N–H and O–H groups in total. The zero-order valence-corrected chi connectivity index (χ0v) is 16.3. The van der Waals surface area contributed by atoms with Gasteiger partial charge in [0.1, 0.15) is 5.69 Å². The quantitative estimate of drug-likeness (QED) is 0.880. The molecule has 4 rings (SSSR count). The number of aromatic nitrogens is 1. The molecule has 140 valence electrons. The van der Waals surface area contributed by atoms with Crippen molar-refractivity contribution in [3.05, 3.63) is 35.5 Å². The van der Waals surface area contributed by atoms with Crippen molar-refractivity contribution < 1.29 is 4.79 Å². The lowest BCUT2D eigenvalue weighted by Crippen LogP contribution is -2.51. The van der Waals surface area contributed by atoms with Gasteiger partial charge >= 0.3 is 0 Å². The molecule has 0 atom stereocenters. The number of hydrogen-bond donors (Lipinski definition) is 1. The number of fused-ring (bicyclic) bond motifs is 1. The molecule has 2 aromatic rings. The van der Waals surface area contributed by atoms with Crippen LogP contribution >= 0.6 is 0 Å². The summed E-state index contributed by atoms with van der Waals surface area (Å²) in [4.78, 5) is 20.9. The first-order valence-electron chi connectivity index (χ1n) is 10.1. The number of rotatable bonds is 2. The van der Waals surface area contributed by atoms with E-state index in [0.717, 1.165) is 48.8 Å². The second-order valence-electron chi connectivity index (χ2n) is 9.00. The van der Waals surface area contributed by atoms with Gasteiger partial charge < -0.3 is 9.88 Å². The maximum absolute atomic E-state index is 13.0. The van der Waals surface area contributed by atoms with Gasteiger partial charge in [-0.3, -0.25) is 9.69 Å². The molecule has 4 heteroatoms. The molecule has 1 aliphatic carbocycles. The monoisotopic (exact) mass is 353 g/mol. The highest BCUT2D eigenvalue weighted by Crippen LogP contribution is 2.27. The number of H-pyrrole nitrogens is 1. The molecule has 0 unspecified atom stereocenters. The van der Waals surface area contributed by atoms with Gasteiger partial charge in [-0.1, -0.05) is 45.7 Å². The van der Waals surface area contributed by atoms with E-state index in [1.165, 1.54) is 31.2 Å². The minimum absolute atomic E-state index is 0.111. The summed E-state index contributed by atoms with van der Waals surface area (Å²) in [6.07, 6.45) is 5.42. The molecule has 1 amide bonds. The number of benzene rings is 1. The molecule has 4 nitrogen and oxygen atoms in total. The van der Waals surface area contributed by atoms with Crippen LogP contribution in [0.5, 0.6) is 0 Å². The Balaban J connectivity index is 1.46. The van der Waals surface area contributed by atoms with Crippen molar-refractivity contribution in [3.8, 4) is 0 Å². The molecule has 0 radical (unpaired) electrons. The molecule has 1 saturated carbocycles. The Morgan fingerprint density at radius 2 is 1.73 bits per heavy atom. The molecule has 2 fully saturated rings. The second-order valence-corrected chi connectivity index (χ2v) is 9.00. The van der Waals surface area contributed by atoms with E-state index in [9.17, 15) is 4.79 Å². The maximum atomic E-state index is 13.0. The molecule has 0 bridgehead atoms. The Labute approximate surface area is 156 Å². The van der Waals surface area contributed by atoms with E-state index in [2.05, 4.69) is 48.9 Å².